The molecule has 0 radical (unpaired) electrons. The van der Waals surface area contributed by atoms with Gasteiger partial charge in [-0.25, -0.2) is 13.1 Å². The molecule has 7 heteroatoms. The molecule has 0 unspecified atom stereocenters. The van der Waals surface area contributed by atoms with Crippen LogP contribution in [0.1, 0.15) is 38.5 Å². The molecule has 25 heavy (non-hydrogen) atoms. The standard InChI is InChI=1S/C18H24N2O4S/c19-18-13-14(18)8-5-3-1-2-4-6-11-24-15-9-7-10-16(12-15)25(22,23)20-17(18)21/h5,7-10,12,14H,1-4,6,11,13,19H2,(H,20,21)/b8-5-/t14-,18-/m1/s1. The Morgan fingerprint density at radius 2 is 2.00 bits per heavy atom. The molecule has 3 N–H and O–H groups in total. The van der Waals surface area contributed by atoms with E-state index in [9.17, 15) is 13.2 Å². The molecular weight excluding hydrogens is 340 g/mol. The van der Waals surface area contributed by atoms with Gasteiger partial charge in [0, 0.05) is 12.0 Å². The van der Waals surface area contributed by atoms with Gasteiger partial charge >= 0.3 is 0 Å². The van der Waals surface area contributed by atoms with E-state index in [0.717, 1.165) is 32.1 Å². The highest BCUT2D eigenvalue weighted by atomic mass is 32.2. The number of carbonyl (C=O) groups excluding carboxylic acids is 1. The number of allylic oxidation sites excluding steroid dienone is 1. The molecule has 1 aliphatic carbocycles. The van der Waals surface area contributed by atoms with Crippen LogP contribution in [0.4, 0.5) is 0 Å². The van der Waals surface area contributed by atoms with Crippen LogP contribution >= 0.6 is 0 Å². The Bertz CT molecular complexity index is 775. The number of hydrogen-bond donors (Lipinski definition) is 2. The van der Waals surface area contributed by atoms with Crippen molar-refractivity contribution in [2.75, 3.05) is 6.61 Å². The topological polar surface area (TPSA) is 98.5 Å². The fourth-order valence-corrected chi connectivity index (χ4v) is 4.06. The number of rotatable bonds is 0. The maximum atomic E-state index is 12.5. The quantitative estimate of drug-likeness (QED) is 0.687. The smallest absolute Gasteiger partial charge is 0.264 e. The van der Waals surface area contributed by atoms with Crippen molar-refractivity contribution in [2.45, 2.75) is 49.0 Å². The van der Waals surface area contributed by atoms with Crippen LogP contribution < -0.4 is 15.2 Å². The Balaban J connectivity index is 1.82. The highest BCUT2D eigenvalue weighted by Gasteiger charge is 2.56. The summed E-state index contributed by atoms with van der Waals surface area (Å²) < 4.78 is 32.7. The molecular formula is C18H24N2O4S. The third kappa shape index (κ3) is 4.22. The first-order valence-corrected chi connectivity index (χ1v) is 10.2. The number of fused-ring (bicyclic) bond motifs is 3. The van der Waals surface area contributed by atoms with E-state index in [1.165, 1.54) is 12.1 Å². The first-order valence-electron chi connectivity index (χ1n) is 8.67. The third-order valence-corrected chi connectivity index (χ3v) is 6.06. The summed E-state index contributed by atoms with van der Waals surface area (Å²) in [5, 5.41) is 0. The molecule has 1 heterocycles. The van der Waals surface area contributed by atoms with E-state index in [-0.39, 0.29) is 10.8 Å². The van der Waals surface area contributed by atoms with Crippen molar-refractivity contribution < 1.29 is 17.9 Å². The van der Waals surface area contributed by atoms with E-state index < -0.39 is 21.5 Å². The van der Waals surface area contributed by atoms with Crippen LogP contribution in [0.3, 0.4) is 0 Å². The van der Waals surface area contributed by atoms with Gasteiger partial charge in [0.15, 0.2) is 0 Å². The number of ether oxygens (including phenoxy) is 1. The second-order valence-electron chi connectivity index (χ2n) is 6.74. The van der Waals surface area contributed by atoms with Crippen LogP contribution in [0.25, 0.3) is 0 Å². The van der Waals surface area contributed by atoms with Crippen molar-refractivity contribution in [1.29, 1.82) is 0 Å². The molecule has 0 saturated heterocycles. The number of amides is 1. The second-order valence-corrected chi connectivity index (χ2v) is 8.42. The summed E-state index contributed by atoms with van der Waals surface area (Å²) in [5.41, 5.74) is 4.94. The average molecular weight is 364 g/mol. The van der Waals surface area contributed by atoms with E-state index in [1.54, 1.807) is 12.1 Å². The minimum absolute atomic E-state index is 0.000918. The summed E-state index contributed by atoms with van der Waals surface area (Å²) in [6, 6.07) is 6.18. The van der Waals surface area contributed by atoms with E-state index >= 15 is 0 Å². The maximum absolute atomic E-state index is 12.5. The number of hydrogen-bond acceptors (Lipinski definition) is 5. The lowest BCUT2D eigenvalue weighted by Crippen LogP contribution is -2.46. The summed E-state index contributed by atoms with van der Waals surface area (Å²) in [6.45, 7) is 0.541. The van der Waals surface area contributed by atoms with Gasteiger partial charge in [-0.1, -0.05) is 31.1 Å². The third-order valence-electron chi connectivity index (χ3n) is 4.73. The zero-order valence-corrected chi connectivity index (χ0v) is 14.9. The van der Waals surface area contributed by atoms with Crippen molar-refractivity contribution in [3.05, 3.63) is 36.4 Å². The molecule has 2 bridgehead atoms. The Labute approximate surface area is 148 Å². The second kappa shape index (κ2) is 7.17. The number of nitrogens with two attached hydrogens (primary N) is 1. The highest BCUT2D eigenvalue weighted by molar-refractivity contribution is 7.90. The number of carbonyl (C=O) groups is 1. The minimum Gasteiger partial charge on any atom is -0.494 e. The van der Waals surface area contributed by atoms with E-state index in [2.05, 4.69) is 4.72 Å². The summed E-state index contributed by atoms with van der Waals surface area (Å²) in [7, 11) is -3.97. The fourth-order valence-electron chi connectivity index (χ4n) is 2.98. The van der Waals surface area contributed by atoms with E-state index in [0.29, 0.717) is 18.8 Å². The lowest BCUT2D eigenvalue weighted by molar-refractivity contribution is -0.121. The van der Waals surface area contributed by atoms with Crippen LogP contribution in [0.5, 0.6) is 5.75 Å². The number of sulfonamides is 1. The summed E-state index contributed by atoms with van der Waals surface area (Å²) in [4.78, 5) is 12.4. The summed E-state index contributed by atoms with van der Waals surface area (Å²) >= 11 is 0. The molecule has 3 rings (SSSR count). The Morgan fingerprint density at radius 1 is 1.20 bits per heavy atom. The highest BCUT2D eigenvalue weighted by Crippen LogP contribution is 2.42. The Kier molecular flexibility index (Phi) is 5.15. The molecule has 2 atom stereocenters. The largest absolute Gasteiger partial charge is 0.494 e. The lowest BCUT2D eigenvalue weighted by atomic mass is 10.1. The first-order chi connectivity index (χ1) is 11.9. The van der Waals surface area contributed by atoms with Gasteiger partial charge in [-0.05, 0) is 37.8 Å². The molecule has 0 aromatic heterocycles. The van der Waals surface area contributed by atoms with Crippen molar-refractivity contribution in [2.24, 2.45) is 11.7 Å². The zero-order chi connectivity index (χ0) is 17.9. The molecule has 1 aromatic rings. The van der Waals surface area contributed by atoms with Crippen molar-refractivity contribution in [3.8, 4) is 5.75 Å². The Morgan fingerprint density at radius 3 is 2.84 bits per heavy atom. The monoisotopic (exact) mass is 364 g/mol. The number of benzene rings is 1. The number of nitrogens with one attached hydrogen (secondary N) is 1. The first kappa shape index (κ1) is 17.9. The predicted octanol–water partition coefficient (Wildman–Crippen LogP) is 2.11. The van der Waals surface area contributed by atoms with Gasteiger partial charge in [-0.2, -0.15) is 0 Å². The molecule has 6 nitrogen and oxygen atoms in total. The van der Waals surface area contributed by atoms with Gasteiger partial charge in [-0.15, -0.1) is 0 Å². The lowest BCUT2D eigenvalue weighted by Gasteiger charge is -2.13. The van der Waals surface area contributed by atoms with E-state index in [1.807, 2.05) is 12.2 Å². The van der Waals surface area contributed by atoms with Gasteiger partial charge in [0.25, 0.3) is 15.9 Å². The van der Waals surface area contributed by atoms with Crippen molar-refractivity contribution >= 4 is 15.9 Å². The molecule has 1 saturated carbocycles. The normalized spacial score (nSPS) is 30.9. The molecule has 1 aliphatic heterocycles. The molecule has 0 spiro atoms. The summed E-state index contributed by atoms with van der Waals surface area (Å²) in [6.07, 6.45) is 9.56. The van der Waals surface area contributed by atoms with Crippen molar-refractivity contribution in [3.63, 3.8) is 0 Å². The average Bonchev–Trinajstić information content (AvgIpc) is 3.24. The van der Waals surface area contributed by atoms with Gasteiger partial charge < -0.3 is 10.5 Å². The van der Waals surface area contributed by atoms with Crippen LogP contribution in [0.15, 0.2) is 41.3 Å². The van der Waals surface area contributed by atoms with Crippen LogP contribution in [0, 0.1) is 5.92 Å². The van der Waals surface area contributed by atoms with Gasteiger partial charge in [0.1, 0.15) is 11.3 Å². The fraction of sp³-hybridized carbons (Fsp3) is 0.500. The van der Waals surface area contributed by atoms with E-state index in [4.69, 9.17) is 10.5 Å². The molecule has 1 amide bonds. The Hall–Kier alpha value is -1.86. The SMILES string of the molecule is N[C@]12C[C@H]1/C=C\CCCCCCOc1cccc(c1)S(=O)(=O)NC2=O. The van der Waals surface area contributed by atoms with Gasteiger partial charge in [0.2, 0.25) is 0 Å². The van der Waals surface area contributed by atoms with Crippen molar-refractivity contribution in [1.82, 2.24) is 4.72 Å². The maximum Gasteiger partial charge on any atom is 0.264 e. The van der Waals surface area contributed by atoms with Gasteiger partial charge in [0.05, 0.1) is 11.5 Å². The van der Waals surface area contributed by atoms with Crippen LogP contribution in [-0.4, -0.2) is 26.5 Å². The summed E-state index contributed by atoms with van der Waals surface area (Å²) in [5.74, 6) is -0.279. The molecule has 2 aliphatic rings. The predicted molar refractivity (Wildman–Crippen MR) is 94.5 cm³/mol. The molecule has 136 valence electrons. The van der Waals surface area contributed by atoms with Crippen LogP contribution in [-0.2, 0) is 14.8 Å². The minimum atomic E-state index is -3.97. The zero-order valence-electron chi connectivity index (χ0n) is 14.1. The van der Waals surface area contributed by atoms with Crippen LogP contribution in [0.2, 0.25) is 0 Å². The molecule has 1 fully saturated rings. The van der Waals surface area contributed by atoms with Gasteiger partial charge in [-0.3, -0.25) is 4.79 Å². The molecule has 1 aromatic carbocycles.